The molecule has 2 aromatic rings. The van der Waals surface area contributed by atoms with Gasteiger partial charge in [-0.25, -0.2) is 9.78 Å². The van der Waals surface area contributed by atoms with E-state index in [4.69, 9.17) is 18.8 Å². The van der Waals surface area contributed by atoms with Gasteiger partial charge in [0.15, 0.2) is 0 Å². The average Bonchev–Trinajstić information content (AvgIpc) is 3.47. The van der Waals surface area contributed by atoms with Gasteiger partial charge in [-0.1, -0.05) is 45.0 Å². The molecule has 2 aliphatic rings. The molecule has 2 amide bonds. The van der Waals surface area contributed by atoms with Crippen molar-refractivity contribution in [2.24, 2.45) is 11.3 Å². The Kier molecular flexibility index (Phi) is 9.21. The molecule has 4 rings (SSSR count). The summed E-state index contributed by atoms with van der Waals surface area (Å²) in [5, 5.41) is 2.72. The van der Waals surface area contributed by atoms with Crippen LogP contribution in [0.2, 0.25) is 0 Å². The molecular formula is C30H45BN4O6. The van der Waals surface area contributed by atoms with E-state index in [1.54, 1.807) is 11.1 Å². The van der Waals surface area contributed by atoms with E-state index in [0.29, 0.717) is 19.0 Å². The zero-order valence-electron chi connectivity index (χ0n) is 25.7. The number of hydrogen-bond donors (Lipinski definition) is 2. The largest absolute Gasteiger partial charge is 0.494 e. The predicted molar refractivity (Wildman–Crippen MR) is 157 cm³/mol. The first kappa shape index (κ1) is 31.1. The maximum Gasteiger partial charge on any atom is 0.494 e. The molecule has 0 aliphatic carbocycles. The van der Waals surface area contributed by atoms with Crippen LogP contribution in [0.3, 0.4) is 0 Å². The Labute approximate surface area is 244 Å². The van der Waals surface area contributed by atoms with E-state index in [9.17, 15) is 9.59 Å². The van der Waals surface area contributed by atoms with E-state index in [1.165, 1.54) is 7.11 Å². The number of aromatic nitrogens is 2. The molecule has 1 aromatic carbocycles. The second-order valence-electron chi connectivity index (χ2n) is 13.0. The van der Waals surface area contributed by atoms with Crippen LogP contribution in [0.15, 0.2) is 30.5 Å². The van der Waals surface area contributed by atoms with Gasteiger partial charge in [0.1, 0.15) is 11.9 Å². The summed E-state index contributed by atoms with van der Waals surface area (Å²) in [5.41, 5.74) is 1.75. The molecule has 0 saturated carbocycles. The number of amides is 2. The van der Waals surface area contributed by atoms with Crippen LogP contribution in [0.1, 0.15) is 67.1 Å². The molecule has 0 unspecified atom stereocenters. The smallest absolute Gasteiger partial charge is 0.453 e. The summed E-state index contributed by atoms with van der Waals surface area (Å²) in [6.07, 6.45) is 3.04. The molecule has 2 saturated heterocycles. The van der Waals surface area contributed by atoms with E-state index < -0.39 is 30.5 Å². The number of carbonyl (C=O) groups is 2. The average molecular weight is 569 g/mol. The van der Waals surface area contributed by atoms with Crippen LogP contribution in [0, 0.1) is 11.3 Å². The summed E-state index contributed by atoms with van der Waals surface area (Å²) in [6, 6.07) is 7.30. The van der Waals surface area contributed by atoms with Crippen molar-refractivity contribution in [3.05, 3.63) is 36.3 Å². The Morgan fingerprint density at radius 3 is 2.34 bits per heavy atom. The normalized spacial score (nSPS) is 22.4. The van der Waals surface area contributed by atoms with Crippen LogP contribution in [-0.2, 0) is 30.1 Å². The molecular weight excluding hydrogens is 523 g/mol. The van der Waals surface area contributed by atoms with E-state index in [-0.39, 0.29) is 23.8 Å². The number of nitrogens with one attached hydrogen (secondary N) is 2. The number of H-pyrrole nitrogens is 1. The van der Waals surface area contributed by atoms with Gasteiger partial charge in [0.25, 0.3) is 0 Å². The number of methoxy groups -OCH3 is 1. The fraction of sp³-hybridized carbons (Fsp3) is 0.633. The molecule has 224 valence electrons. The number of carbonyl (C=O) groups excluding carboxylic acids is 2. The molecule has 0 radical (unpaired) electrons. The highest BCUT2D eigenvalue weighted by Crippen LogP contribution is 2.36. The Balaban J connectivity index is 1.52. The summed E-state index contributed by atoms with van der Waals surface area (Å²) < 4.78 is 22.9. The van der Waals surface area contributed by atoms with E-state index >= 15 is 0 Å². The number of nitrogens with zero attached hydrogens (tertiary/aromatic N) is 2. The zero-order valence-corrected chi connectivity index (χ0v) is 25.7. The van der Waals surface area contributed by atoms with Gasteiger partial charge >= 0.3 is 13.2 Å². The molecule has 10 nitrogen and oxygen atoms in total. The van der Waals surface area contributed by atoms with E-state index in [0.717, 1.165) is 36.2 Å². The molecule has 2 aliphatic heterocycles. The third-order valence-corrected chi connectivity index (χ3v) is 8.51. The first-order chi connectivity index (χ1) is 19.2. The molecule has 0 bridgehead atoms. The molecule has 11 heteroatoms. The van der Waals surface area contributed by atoms with Crippen LogP contribution in [0.4, 0.5) is 4.79 Å². The van der Waals surface area contributed by atoms with E-state index in [1.807, 2.05) is 65.8 Å². The molecule has 41 heavy (non-hydrogen) atoms. The topological polar surface area (TPSA) is 115 Å². The third kappa shape index (κ3) is 7.13. The van der Waals surface area contributed by atoms with Gasteiger partial charge in [0.05, 0.1) is 43.4 Å². The molecule has 0 spiro atoms. The minimum absolute atomic E-state index is 0.130. The van der Waals surface area contributed by atoms with Crippen LogP contribution < -0.4 is 10.8 Å². The molecule has 2 fully saturated rings. The second-order valence-corrected chi connectivity index (χ2v) is 13.0. The van der Waals surface area contributed by atoms with Gasteiger partial charge in [0.2, 0.25) is 5.91 Å². The summed E-state index contributed by atoms with van der Waals surface area (Å²) in [6.45, 7) is 16.2. The standard InChI is InChI=1S/C30H45BN4O6/c1-20(2)25(34-27(37)38-8)26(36)35(18-30(7)14-9-15-39-19-30)17-24-32-16-23(33-24)21-10-12-22(13-11-21)31-40-28(3,4)29(5,6)41-31/h10-13,16,20,25H,9,14-15,17-19H2,1-8H3,(H,32,33)(H,34,37)/t25-,30+/m0/s1. The lowest BCUT2D eigenvalue weighted by atomic mass is 9.79. The van der Waals surface area contributed by atoms with Crippen LogP contribution in [-0.4, -0.2) is 78.1 Å². The van der Waals surface area contributed by atoms with Crippen LogP contribution >= 0.6 is 0 Å². The first-order valence-electron chi connectivity index (χ1n) is 14.4. The molecule has 3 heterocycles. The van der Waals surface area contributed by atoms with Crippen LogP contribution in [0.25, 0.3) is 11.3 Å². The van der Waals surface area contributed by atoms with Gasteiger partial charge in [-0.05, 0) is 57.5 Å². The van der Waals surface area contributed by atoms with Gasteiger partial charge in [-0.2, -0.15) is 0 Å². The lowest BCUT2D eigenvalue weighted by Crippen LogP contribution is -2.53. The van der Waals surface area contributed by atoms with Crippen LogP contribution in [0.5, 0.6) is 0 Å². The van der Waals surface area contributed by atoms with Crippen molar-refractivity contribution in [2.45, 2.75) is 85.1 Å². The van der Waals surface area contributed by atoms with Crippen molar-refractivity contribution in [1.29, 1.82) is 0 Å². The molecule has 1 aromatic heterocycles. The Morgan fingerprint density at radius 1 is 1.12 bits per heavy atom. The quantitative estimate of drug-likeness (QED) is 0.441. The number of aromatic amines is 1. The molecule has 2 N–H and O–H groups in total. The molecule has 2 atom stereocenters. The number of benzene rings is 1. The zero-order chi connectivity index (χ0) is 30.0. The lowest BCUT2D eigenvalue weighted by Gasteiger charge is -2.39. The van der Waals surface area contributed by atoms with Gasteiger partial charge in [-0.3, -0.25) is 4.79 Å². The third-order valence-electron chi connectivity index (χ3n) is 8.51. The Hall–Kier alpha value is -2.89. The van der Waals surface area contributed by atoms with Crippen molar-refractivity contribution in [3.8, 4) is 11.3 Å². The summed E-state index contributed by atoms with van der Waals surface area (Å²) in [7, 11) is 0.866. The number of hydrogen-bond acceptors (Lipinski definition) is 7. The number of imidazole rings is 1. The summed E-state index contributed by atoms with van der Waals surface area (Å²) >= 11 is 0. The second kappa shape index (κ2) is 12.2. The predicted octanol–water partition coefficient (Wildman–Crippen LogP) is 3.90. The Morgan fingerprint density at radius 2 is 1.78 bits per heavy atom. The first-order valence-corrected chi connectivity index (χ1v) is 14.4. The maximum atomic E-state index is 13.8. The van der Waals surface area contributed by atoms with Crippen molar-refractivity contribution < 1.29 is 28.4 Å². The lowest BCUT2D eigenvalue weighted by molar-refractivity contribution is -0.138. The van der Waals surface area contributed by atoms with Crippen molar-refractivity contribution >= 4 is 24.6 Å². The van der Waals surface area contributed by atoms with Crippen molar-refractivity contribution in [3.63, 3.8) is 0 Å². The Bertz CT molecular complexity index is 1190. The van der Waals surface area contributed by atoms with Gasteiger partial charge in [0, 0.05) is 18.6 Å². The van der Waals surface area contributed by atoms with Gasteiger partial charge in [-0.15, -0.1) is 0 Å². The summed E-state index contributed by atoms with van der Waals surface area (Å²) in [4.78, 5) is 35.6. The highest BCUT2D eigenvalue weighted by Gasteiger charge is 2.51. The highest BCUT2D eigenvalue weighted by molar-refractivity contribution is 6.62. The van der Waals surface area contributed by atoms with Gasteiger partial charge < -0.3 is 34.0 Å². The number of ether oxygens (including phenoxy) is 2. The number of rotatable bonds is 9. The number of alkyl carbamates (subject to hydrolysis) is 1. The summed E-state index contributed by atoms with van der Waals surface area (Å²) in [5.74, 6) is 0.348. The fourth-order valence-electron chi connectivity index (χ4n) is 5.25. The minimum atomic E-state index is -0.729. The minimum Gasteiger partial charge on any atom is -0.453 e. The van der Waals surface area contributed by atoms with Crippen molar-refractivity contribution in [2.75, 3.05) is 26.9 Å². The monoisotopic (exact) mass is 568 g/mol. The SMILES string of the molecule is COC(=O)N[C@H](C(=O)N(Cc1ncc(-c2ccc(B3OC(C)(C)C(C)(C)O3)cc2)[nH]1)C[C@@]1(C)CCCOC1)C(C)C. The highest BCUT2D eigenvalue weighted by atomic mass is 16.7. The van der Waals surface area contributed by atoms with Crippen molar-refractivity contribution in [1.82, 2.24) is 20.2 Å². The fourth-order valence-corrected chi connectivity index (χ4v) is 5.25. The van der Waals surface area contributed by atoms with E-state index in [2.05, 4.69) is 22.2 Å². The maximum absolute atomic E-state index is 13.8.